The summed E-state index contributed by atoms with van der Waals surface area (Å²) in [7, 11) is 1.51. The first kappa shape index (κ1) is 24.1. The van der Waals surface area contributed by atoms with Gasteiger partial charge in [0.15, 0.2) is 0 Å². The van der Waals surface area contributed by atoms with Crippen molar-refractivity contribution in [1.82, 2.24) is 9.80 Å². The molecule has 6 nitrogen and oxygen atoms in total. The van der Waals surface area contributed by atoms with Gasteiger partial charge in [-0.05, 0) is 47.5 Å². The average molecular weight is 492 g/mol. The number of hydrogen-bond acceptors (Lipinski definition) is 5. The van der Waals surface area contributed by atoms with Gasteiger partial charge in [0.05, 0.1) is 31.3 Å². The number of hydrogen-bond donors (Lipinski definition) is 0. The molecular formula is C28H27F2N3O3. The highest BCUT2D eigenvalue weighted by atomic mass is 19.1. The lowest BCUT2D eigenvalue weighted by Gasteiger charge is -2.41. The highest BCUT2D eigenvalue weighted by molar-refractivity contribution is 6.23. The van der Waals surface area contributed by atoms with Crippen LogP contribution in [-0.4, -0.2) is 60.9 Å². The number of amides is 2. The zero-order valence-electron chi connectivity index (χ0n) is 19.9. The minimum Gasteiger partial charge on any atom is -0.495 e. The van der Waals surface area contributed by atoms with E-state index >= 15 is 0 Å². The molecule has 186 valence electrons. The Kier molecular flexibility index (Phi) is 6.80. The van der Waals surface area contributed by atoms with E-state index in [1.54, 1.807) is 48.5 Å². The summed E-state index contributed by atoms with van der Waals surface area (Å²) in [5.41, 5.74) is 2.28. The molecule has 0 bridgehead atoms. The van der Waals surface area contributed by atoms with Crippen LogP contribution in [0, 0.1) is 11.6 Å². The second kappa shape index (κ2) is 10.2. The normalized spacial score (nSPS) is 19.3. The van der Waals surface area contributed by atoms with Gasteiger partial charge in [0.2, 0.25) is 5.91 Å². The maximum absolute atomic E-state index is 13.6. The number of carbonyl (C=O) groups excluding carboxylic acids is 2. The number of rotatable bonds is 6. The molecule has 3 aromatic rings. The van der Waals surface area contributed by atoms with Crippen LogP contribution in [0.25, 0.3) is 0 Å². The predicted octanol–water partition coefficient (Wildman–Crippen LogP) is 4.01. The van der Waals surface area contributed by atoms with Crippen LogP contribution in [0.5, 0.6) is 5.75 Å². The van der Waals surface area contributed by atoms with E-state index in [-0.39, 0.29) is 35.9 Å². The molecule has 2 aliphatic rings. The van der Waals surface area contributed by atoms with Crippen LogP contribution in [0.2, 0.25) is 0 Å². The third-order valence-electron chi connectivity index (χ3n) is 6.98. The molecule has 0 N–H and O–H groups in total. The van der Waals surface area contributed by atoms with Crippen LogP contribution >= 0.6 is 0 Å². The Bertz CT molecular complexity index is 1200. The Balaban J connectivity index is 1.33. The first-order valence-electron chi connectivity index (χ1n) is 11.9. The number of para-hydroxylation sites is 2. The number of carbonyl (C=O) groups is 2. The molecule has 0 aliphatic carbocycles. The number of methoxy groups -OCH3 is 1. The van der Waals surface area contributed by atoms with E-state index in [1.807, 2.05) is 0 Å². The van der Waals surface area contributed by atoms with Gasteiger partial charge in [-0.15, -0.1) is 0 Å². The number of benzene rings is 3. The molecular weight excluding hydrogens is 464 g/mol. The van der Waals surface area contributed by atoms with E-state index in [4.69, 9.17) is 4.74 Å². The number of nitrogens with zero attached hydrogens (tertiary/aromatic N) is 3. The summed E-state index contributed by atoms with van der Waals surface area (Å²) in [5.74, 6) is -0.638. The average Bonchev–Trinajstić information content (AvgIpc) is 3.20. The van der Waals surface area contributed by atoms with Crippen LogP contribution in [0.3, 0.4) is 0 Å². The van der Waals surface area contributed by atoms with Crippen molar-refractivity contribution < 1.29 is 23.1 Å². The van der Waals surface area contributed by atoms with Crippen molar-refractivity contribution in [3.63, 3.8) is 0 Å². The monoisotopic (exact) mass is 491 g/mol. The van der Waals surface area contributed by atoms with Crippen LogP contribution in [-0.2, 0) is 9.59 Å². The quantitative estimate of drug-likeness (QED) is 0.488. The molecule has 2 amide bonds. The zero-order valence-corrected chi connectivity index (χ0v) is 19.9. The van der Waals surface area contributed by atoms with Gasteiger partial charge in [0.25, 0.3) is 5.91 Å². The molecule has 0 unspecified atom stereocenters. The molecule has 2 aliphatic heterocycles. The maximum atomic E-state index is 13.6. The van der Waals surface area contributed by atoms with E-state index < -0.39 is 6.04 Å². The predicted molar refractivity (Wildman–Crippen MR) is 132 cm³/mol. The minimum absolute atomic E-state index is 0.121. The smallest absolute Gasteiger partial charge is 0.251 e. The van der Waals surface area contributed by atoms with Crippen molar-refractivity contribution in [2.75, 3.05) is 38.2 Å². The van der Waals surface area contributed by atoms with Crippen LogP contribution in [0.15, 0.2) is 72.8 Å². The Labute approximate surface area is 208 Å². The van der Waals surface area contributed by atoms with Gasteiger partial charge in [-0.3, -0.25) is 19.4 Å². The Morgan fingerprint density at radius 3 is 1.92 bits per heavy atom. The first-order chi connectivity index (χ1) is 17.5. The van der Waals surface area contributed by atoms with E-state index in [2.05, 4.69) is 9.80 Å². The molecule has 0 saturated carbocycles. The molecule has 2 fully saturated rings. The molecule has 5 rings (SSSR count). The van der Waals surface area contributed by atoms with Gasteiger partial charge in [-0.25, -0.2) is 13.7 Å². The van der Waals surface area contributed by atoms with Gasteiger partial charge < -0.3 is 4.74 Å². The summed E-state index contributed by atoms with van der Waals surface area (Å²) in [6.45, 7) is 2.43. The molecule has 0 aromatic heterocycles. The zero-order chi connectivity index (χ0) is 25.2. The largest absolute Gasteiger partial charge is 0.495 e. The van der Waals surface area contributed by atoms with Crippen molar-refractivity contribution in [2.45, 2.75) is 18.5 Å². The third kappa shape index (κ3) is 4.62. The van der Waals surface area contributed by atoms with Gasteiger partial charge in [0, 0.05) is 26.2 Å². The van der Waals surface area contributed by atoms with Crippen LogP contribution < -0.4 is 9.64 Å². The minimum atomic E-state index is -0.528. The van der Waals surface area contributed by atoms with E-state index in [1.165, 1.54) is 36.3 Å². The number of piperazine rings is 1. The standard InChI is InChI=1S/C28H27F2N3O3/c1-36-25-5-3-2-4-23(25)33-26(34)18-24(28(33)35)31-14-16-32(17-15-31)27(19-6-10-21(29)11-7-19)20-8-12-22(30)13-9-20/h2-13,24,27H,14-18H2,1H3/t24-/m0/s1. The number of anilines is 1. The van der Waals surface area contributed by atoms with Crippen molar-refractivity contribution in [3.05, 3.63) is 95.6 Å². The summed E-state index contributed by atoms with van der Waals surface area (Å²) >= 11 is 0. The highest BCUT2D eigenvalue weighted by Gasteiger charge is 2.44. The van der Waals surface area contributed by atoms with Crippen LogP contribution in [0.4, 0.5) is 14.5 Å². The van der Waals surface area contributed by atoms with Crippen molar-refractivity contribution in [3.8, 4) is 5.75 Å². The second-order valence-electron chi connectivity index (χ2n) is 9.04. The van der Waals surface area contributed by atoms with Gasteiger partial charge in [-0.1, -0.05) is 36.4 Å². The number of ether oxygens (including phenoxy) is 1. The van der Waals surface area contributed by atoms with E-state index in [0.717, 1.165) is 11.1 Å². The third-order valence-corrected chi connectivity index (χ3v) is 6.98. The molecule has 2 saturated heterocycles. The Morgan fingerprint density at radius 2 is 1.36 bits per heavy atom. The van der Waals surface area contributed by atoms with E-state index in [9.17, 15) is 18.4 Å². The summed E-state index contributed by atoms with van der Waals surface area (Å²) in [6.07, 6.45) is 0.121. The summed E-state index contributed by atoms with van der Waals surface area (Å²) in [6, 6.07) is 19.0. The van der Waals surface area contributed by atoms with Crippen molar-refractivity contribution in [1.29, 1.82) is 0 Å². The summed E-state index contributed by atoms with van der Waals surface area (Å²) in [5, 5.41) is 0. The van der Waals surface area contributed by atoms with Gasteiger partial charge in [-0.2, -0.15) is 0 Å². The molecule has 2 heterocycles. The Morgan fingerprint density at radius 1 is 0.806 bits per heavy atom. The second-order valence-corrected chi connectivity index (χ2v) is 9.04. The van der Waals surface area contributed by atoms with Crippen molar-refractivity contribution in [2.24, 2.45) is 0 Å². The number of imide groups is 1. The first-order valence-corrected chi connectivity index (χ1v) is 11.9. The fraction of sp³-hybridized carbons (Fsp3) is 0.286. The lowest BCUT2D eigenvalue weighted by Crippen LogP contribution is -2.53. The lowest BCUT2D eigenvalue weighted by atomic mass is 9.96. The SMILES string of the molecule is COc1ccccc1N1C(=O)C[C@H](N2CCN(C(c3ccc(F)cc3)c3ccc(F)cc3)CC2)C1=O. The van der Waals surface area contributed by atoms with Crippen molar-refractivity contribution >= 4 is 17.5 Å². The molecule has 0 radical (unpaired) electrons. The van der Waals surface area contributed by atoms with E-state index in [0.29, 0.717) is 37.6 Å². The molecule has 1 atom stereocenters. The molecule has 0 spiro atoms. The van der Waals surface area contributed by atoms with Crippen LogP contribution in [0.1, 0.15) is 23.6 Å². The summed E-state index contributed by atoms with van der Waals surface area (Å²) < 4.78 is 32.6. The lowest BCUT2D eigenvalue weighted by molar-refractivity contribution is -0.123. The number of halogens is 2. The summed E-state index contributed by atoms with van der Waals surface area (Å²) in [4.78, 5) is 31.7. The van der Waals surface area contributed by atoms with Gasteiger partial charge in [0.1, 0.15) is 17.4 Å². The maximum Gasteiger partial charge on any atom is 0.251 e. The fourth-order valence-corrected chi connectivity index (χ4v) is 5.18. The fourth-order valence-electron chi connectivity index (χ4n) is 5.18. The Hall–Kier alpha value is -3.62. The molecule has 3 aromatic carbocycles. The molecule has 8 heteroatoms. The highest BCUT2D eigenvalue weighted by Crippen LogP contribution is 2.34. The topological polar surface area (TPSA) is 53.1 Å². The van der Waals surface area contributed by atoms with Gasteiger partial charge >= 0.3 is 0 Å². The molecule has 36 heavy (non-hydrogen) atoms.